The predicted octanol–water partition coefficient (Wildman–Crippen LogP) is 2.22. The van der Waals surface area contributed by atoms with Crippen molar-refractivity contribution in [2.75, 3.05) is 13.1 Å². The molecule has 0 aliphatic carbocycles. The molecule has 0 N–H and O–H groups in total. The van der Waals surface area contributed by atoms with Crippen LogP contribution in [0.15, 0.2) is 23.6 Å². The topological polar surface area (TPSA) is 59.2 Å². The molecule has 0 saturated carbocycles. The molecule has 6 heteroatoms. The van der Waals surface area contributed by atoms with Gasteiger partial charge in [-0.1, -0.05) is 0 Å². The van der Waals surface area contributed by atoms with E-state index in [1.807, 2.05) is 17.1 Å². The first kappa shape index (κ1) is 15.4. The molecule has 0 aromatic carbocycles. The first-order chi connectivity index (χ1) is 11.8. The molecule has 0 unspecified atom stereocenters. The highest BCUT2D eigenvalue weighted by Crippen LogP contribution is 2.20. The Kier molecular flexibility index (Phi) is 4.38. The van der Waals surface area contributed by atoms with Crippen LogP contribution in [0.3, 0.4) is 0 Å². The van der Waals surface area contributed by atoms with E-state index >= 15 is 0 Å². The molecule has 0 amide bonds. The van der Waals surface area contributed by atoms with E-state index in [2.05, 4.69) is 33.1 Å². The summed E-state index contributed by atoms with van der Waals surface area (Å²) in [6.45, 7) is 6.85. The third kappa shape index (κ3) is 3.24. The van der Waals surface area contributed by atoms with Gasteiger partial charge >= 0.3 is 0 Å². The molecular formula is C18H24N6. The van der Waals surface area contributed by atoms with Gasteiger partial charge < -0.3 is 0 Å². The van der Waals surface area contributed by atoms with E-state index in [-0.39, 0.29) is 0 Å². The summed E-state index contributed by atoms with van der Waals surface area (Å²) in [4.78, 5) is 16.4. The molecule has 0 radical (unpaired) electrons. The Balaban J connectivity index is 1.46. The van der Waals surface area contributed by atoms with Crippen LogP contribution in [0, 0.1) is 0 Å². The highest BCUT2D eigenvalue weighted by Gasteiger charge is 2.20. The van der Waals surface area contributed by atoms with Crippen LogP contribution >= 0.6 is 0 Å². The summed E-state index contributed by atoms with van der Waals surface area (Å²) in [6, 6.07) is 0. The van der Waals surface area contributed by atoms with Crippen molar-refractivity contribution in [2.24, 2.45) is 4.99 Å². The fraction of sp³-hybridized carbons (Fsp3) is 0.556. The molecule has 126 valence electrons. The van der Waals surface area contributed by atoms with Gasteiger partial charge in [0.25, 0.3) is 0 Å². The lowest BCUT2D eigenvalue weighted by molar-refractivity contribution is 0.242. The van der Waals surface area contributed by atoms with Crippen LogP contribution in [0.2, 0.25) is 0 Å². The molecule has 6 nitrogen and oxygen atoms in total. The van der Waals surface area contributed by atoms with E-state index in [1.165, 1.54) is 29.7 Å². The Morgan fingerprint density at radius 2 is 2.12 bits per heavy atom. The summed E-state index contributed by atoms with van der Waals surface area (Å²) in [5.41, 5.74) is 4.82. The molecule has 2 aromatic rings. The van der Waals surface area contributed by atoms with E-state index in [4.69, 9.17) is 4.98 Å². The smallest absolute Gasteiger partial charge is 0.173 e. The molecule has 0 saturated heterocycles. The normalized spacial score (nSPS) is 18.3. The number of hydrogen-bond donors (Lipinski definition) is 0. The van der Waals surface area contributed by atoms with Gasteiger partial charge in [-0.2, -0.15) is 5.10 Å². The number of aryl methyl sites for hydroxylation is 1. The summed E-state index contributed by atoms with van der Waals surface area (Å²) in [7, 11) is 0. The molecule has 0 atom stereocenters. The number of hydrogen-bond acceptors (Lipinski definition) is 5. The minimum atomic E-state index is 0.853. The molecule has 4 heterocycles. The Labute approximate surface area is 142 Å². The highest BCUT2D eigenvalue weighted by atomic mass is 15.3. The van der Waals surface area contributed by atoms with Gasteiger partial charge in [-0.05, 0) is 26.2 Å². The molecular weight excluding hydrogens is 300 g/mol. The van der Waals surface area contributed by atoms with Crippen molar-refractivity contribution < 1.29 is 0 Å². The average Bonchev–Trinajstić information content (AvgIpc) is 3.09. The molecule has 2 aliphatic rings. The monoisotopic (exact) mass is 324 g/mol. The van der Waals surface area contributed by atoms with E-state index < -0.39 is 0 Å². The van der Waals surface area contributed by atoms with Gasteiger partial charge in [0.05, 0.1) is 17.6 Å². The number of aromatic nitrogens is 4. The summed E-state index contributed by atoms with van der Waals surface area (Å²) < 4.78 is 1.98. The molecule has 0 fully saturated rings. The fourth-order valence-electron chi connectivity index (χ4n) is 3.45. The second-order valence-corrected chi connectivity index (χ2v) is 6.62. The first-order valence-electron chi connectivity index (χ1n) is 8.94. The van der Waals surface area contributed by atoms with Crippen molar-refractivity contribution in [3.8, 4) is 0 Å². The van der Waals surface area contributed by atoms with Crippen LogP contribution in [0.25, 0.3) is 0 Å². The van der Waals surface area contributed by atoms with Crippen LogP contribution in [0.4, 0.5) is 0 Å². The SMILES string of the molecule is CCn1cc(CN2CCc3nc(C4=NCCCC4)ncc3C2)cn1. The van der Waals surface area contributed by atoms with Crippen LogP contribution in [0.1, 0.15) is 48.8 Å². The average molecular weight is 324 g/mol. The second-order valence-electron chi connectivity index (χ2n) is 6.62. The Hall–Kier alpha value is -2.08. The van der Waals surface area contributed by atoms with Crippen molar-refractivity contribution >= 4 is 5.71 Å². The van der Waals surface area contributed by atoms with Crippen LogP contribution in [0.5, 0.6) is 0 Å². The molecule has 0 bridgehead atoms. The third-order valence-corrected chi connectivity index (χ3v) is 4.81. The fourth-order valence-corrected chi connectivity index (χ4v) is 3.45. The zero-order chi connectivity index (χ0) is 16.4. The number of rotatable bonds is 4. The minimum Gasteiger partial charge on any atom is -0.294 e. The maximum Gasteiger partial charge on any atom is 0.173 e. The van der Waals surface area contributed by atoms with Crippen molar-refractivity contribution in [3.63, 3.8) is 0 Å². The number of fused-ring (bicyclic) bond motifs is 1. The number of nitrogens with zero attached hydrogens (tertiary/aromatic N) is 6. The van der Waals surface area contributed by atoms with Crippen LogP contribution in [-0.2, 0) is 26.1 Å². The molecule has 0 spiro atoms. The van der Waals surface area contributed by atoms with Gasteiger partial charge in [-0.3, -0.25) is 14.6 Å². The highest BCUT2D eigenvalue weighted by molar-refractivity contribution is 5.97. The summed E-state index contributed by atoms with van der Waals surface area (Å²) in [5, 5.41) is 4.36. The van der Waals surface area contributed by atoms with Crippen LogP contribution in [-0.4, -0.2) is 43.4 Å². The van der Waals surface area contributed by atoms with Crippen molar-refractivity contribution in [1.29, 1.82) is 0 Å². The predicted molar refractivity (Wildman–Crippen MR) is 93.0 cm³/mol. The quantitative estimate of drug-likeness (QED) is 0.865. The lowest BCUT2D eigenvalue weighted by Gasteiger charge is -2.27. The van der Waals surface area contributed by atoms with Crippen molar-refractivity contribution in [1.82, 2.24) is 24.6 Å². The summed E-state index contributed by atoms with van der Waals surface area (Å²) in [5.74, 6) is 0.853. The van der Waals surface area contributed by atoms with E-state index in [0.29, 0.717) is 0 Å². The Morgan fingerprint density at radius 3 is 2.92 bits per heavy atom. The van der Waals surface area contributed by atoms with Gasteiger partial charge in [0, 0.05) is 62.7 Å². The largest absolute Gasteiger partial charge is 0.294 e. The zero-order valence-corrected chi connectivity index (χ0v) is 14.3. The minimum absolute atomic E-state index is 0.853. The van der Waals surface area contributed by atoms with Gasteiger partial charge in [0.1, 0.15) is 0 Å². The van der Waals surface area contributed by atoms with Crippen molar-refractivity contribution in [2.45, 2.75) is 52.2 Å². The van der Waals surface area contributed by atoms with Crippen molar-refractivity contribution in [3.05, 3.63) is 41.2 Å². The van der Waals surface area contributed by atoms with Gasteiger partial charge in [-0.15, -0.1) is 0 Å². The maximum absolute atomic E-state index is 4.81. The maximum atomic E-state index is 4.81. The standard InChI is InChI=1S/C18H24N6/c1-2-24-12-14(9-21-24)11-23-8-6-16-15(13-23)10-20-18(22-16)17-5-3-4-7-19-17/h9-10,12H,2-8,11,13H2,1H3. The van der Waals surface area contributed by atoms with Gasteiger partial charge in [-0.25, -0.2) is 9.97 Å². The van der Waals surface area contributed by atoms with E-state index in [1.54, 1.807) is 0 Å². The van der Waals surface area contributed by atoms with Crippen LogP contribution < -0.4 is 0 Å². The van der Waals surface area contributed by atoms with E-state index in [9.17, 15) is 0 Å². The Bertz CT molecular complexity index is 748. The lowest BCUT2D eigenvalue weighted by atomic mass is 10.1. The Morgan fingerprint density at radius 1 is 1.17 bits per heavy atom. The molecule has 2 aliphatic heterocycles. The third-order valence-electron chi connectivity index (χ3n) is 4.81. The molecule has 24 heavy (non-hydrogen) atoms. The molecule has 2 aromatic heterocycles. The van der Waals surface area contributed by atoms with E-state index in [0.717, 1.165) is 57.1 Å². The summed E-state index contributed by atoms with van der Waals surface area (Å²) >= 11 is 0. The molecule has 4 rings (SSSR count). The van der Waals surface area contributed by atoms with Gasteiger partial charge in [0.2, 0.25) is 0 Å². The number of aliphatic imine (C=N–C) groups is 1. The second kappa shape index (κ2) is 6.81. The summed E-state index contributed by atoms with van der Waals surface area (Å²) in [6.07, 6.45) is 10.5. The lowest BCUT2D eigenvalue weighted by Crippen LogP contribution is -2.31. The van der Waals surface area contributed by atoms with Gasteiger partial charge in [0.15, 0.2) is 5.82 Å². The first-order valence-corrected chi connectivity index (χ1v) is 8.94. The zero-order valence-electron chi connectivity index (χ0n) is 14.3.